The quantitative estimate of drug-likeness (QED) is 0.710. The summed E-state index contributed by atoms with van der Waals surface area (Å²) in [5.41, 5.74) is -0.658. The Hall–Kier alpha value is -2.58. The van der Waals surface area contributed by atoms with Gasteiger partial charge >= 0.3 is 11.7 Å². The molecule has 26 heavy (non-hydrogen) atoms. The van der Waals surface area contributed by atoms with Gasteiger partial charge in [-0.05, 0) is 24.6 Å². The number of hydrogen-bond acceptors (Lipinski definition) is 5. The summed E-state index contributed by atoms with van der Waals surface area (Å²) < 4.78 is 5.78. The number of carbonyl (C=O) groups excluding carboxylic acids is 2. The molecule has 8 nitrogen and oxygen atoms in total. The van der Waals surface area contributed by atoms with Gasteiger partial charge in [-0.25, -0.2) is 4.79 Å². The second-order valence-corrected chi connectivity index (χ2v) is 6.20. The maximum Gasteiger partial charge on any atom is 0.328 e. The maximum atomic E-state index is 11.9. The molecule has 0 aliphatic rings. The van der Waals surface area contributed by atoms with Crippen molar-refractivity contribution < 1.29 is 14.3 Å². The monoisotopic (exact) mass is 399 g/mol. The summed E-state index contributed by atoms with van der Waals surface area (Å²) in [7, 11) is 0. The van der Waals surface area contributed by atoms with E-state index in [1.165, 1.54) is 0 Å². The Morgan fingerprint density at radius 3 is 2.65 bits per heavy atom. The van der Waals surface area contributed by atoms with Crippen LogP contribution in [-0.4, -0.2) is 28.0 Å². The highest BCUT2D eigenvalue weighted by Crippen LogP contribution is 2.25. The van der Waals surface area contributed by atoms with E-state index in [2.05, 4.69) is 5.32 Å². The standard InChI is InChI=1S/C16H15Cl2N3O5/c1-9(11-3-2-10(17)6-12(11)18)19-14(23)8-26-15(24)7-21-5-4-13(22)20-16(21)25/h2-6,9H,7-8H2,1H3,(H,19,23)(H,20,22,25)/t9-/m0/s1. The van der Waals surface area contributed by atoms with Crippen LogP contribution in [0.15, 0.2) is 40.1 Å². The minimum absolute atomic E-state index is 0.403. The fourth-order valence-corrected chi connectivity index (χ4v) is 2.69. The maximum absolute atomic E-state index is 11.9. The predicted octanol–water partition coefficient (Wildman–Crippen LogP) is 1.26. The Balaban J connectivity index is 1.86. The largest absolute Gasteiger partial charge is 0.454 e. The smallest absolute Gasteiger partial charge is 0.328 e. The van der Waals surface area contributed by atoms with Crippen LogP contribution in [0.25, 0.3) is 0 Å². The summed E-state index contributed by atoms with van der Waals surface area (Å²) in [6.45, 7) is 0.767. The summed E-state index contributed by atoms with van der Waals surface area (Å²) in [5.74, 6) is -1.34. The van der Waals surface area contributed by atoms with Gasteiger partial charge in [0.25, 0.3) is 11.5 Å². The van der Waals surface area contributed by atoms with Crippen LogP contribution < -0.4 is 16.6 Å². The first kappa shape index (κ1) is 19.7. The number of ether oxygens (including phenoxy) is 1. The molecule has 10 heteroatoms. The van der Waals surface area contributed by atoms with E-state index in [1.807, 2.05) is 4.98 Å². The molecule has 0 fully saturated rings. The topological polar surface area (TPSA) is 110 Å². The summed E-state index contributed by atoms with van der Waals surface area (Å²) in [5, 5.41) is 3.51. The van der Waals surface area contributed by atoms with E-state index in [-0.39, 0.29) is 0 Å². The lowest BCUT2D eigenvalue weighted by atomic mass is 10.1. The van der Waals surface area contributed by atoms with Crippen molar-refractivity contribution in [2.75, 3.05) is 6.61 Å². The number of hydrogen-bond donors (Lipinski definition) is 2. The lowest BCUT2D eigenvalue weighted by Crippen LogP contribution is -2.34. The number of benzene rings is 1. The number of aromatic amines is 1. The molecule has 0 saturated carbocycles. The number of esters is 1. The number of H-pyrrole nitrogens is 1. The molecule has 0 unspecified atom stereocenters. The average Bonchev–Trinajstić information content (AvgIpc) is 2.55. The van der Waals surface area contributed by atoms with Crippen molar-refractivity contribution in [1.29, 1.82) is 0 Å². The normalized spacial score (nSPS) is 11.7. The van der Waals surface area contributed by atoms with E-state index in [1.54, 1.807) is 25.1 Å². The minimum atomic E-state index is -0.800. The van der Waals surface area contributed by atoms with Crippen molar-refractivity contribution in [1.82, 2.24) is 14.9 Å². The van der Waals surface area contributed by atoms with E-state index >= 15 is 0 Å². The number of halogens is 2. The van der Waals surface area contributed by atoms with Crippen molar-refractivity contribution >= 4 is 35.1 Å². The van der Waals surface area contributed by atoms with Crippen LogP contribution in [0.5, 0.6) is 0 Å². The lowest BCUT2D eigenvalue weighted by molar-refractivity contribution is -0.149. The second-order valence-electron chi connectivity index (χ2n) is 5.35. The van der Waals surface area contributed by atoms with Crippen LogP contribution in [0.4, 0.5) is 0 Å². The summed E-state index contributed by atoms with van der Waals surface area (Å²) >= 11 is 11.9. The molecule has 0 aliphatic heterocycles. The Kier molecular flexibility index (Phi) is 6.59. The number of rotatable bonds is 6. The van der Waals surface area contributed by atoms with Crippen molar-refractivity contribution in [3.8, 4) is 0 Å². The number of nitrogens with one attached hydrogen (secondary N) is 2. The zero-order chi connectivity index (χ0) is 19.3. The molecular weight excluding hydrogens is 385 g/mol. The Morgan fingerprint density at radius 2 is 2.00 bits per heavy atom. The van der Waals surface area contributed by atoms with Crippen molar-refractivity contribution in [3.05, 3.63) is 66.9 Å². The van der Waals surface area contributed by atoms with Crippen LogP contribution in [0.2, 0.25) is 10.0 Å². The molecule has 2 N–H and O–H groups in total. The van der Waals surface area contributed by atoms with Gasteiger partial charge in [0.15, 0.2) is 6.61 Å². The molecule has 138 valence electrons. The summed E-state index contributed by atoms with van der Waals surface area (Å²) in [6.07, 6.45) is 1.16. The molecule has 1 aromatic carbocycles. The van der Waals surface area contributed by atoms with Gasteiger partial charge in [-0.2, -0.15) is 0 Å². The van der Waals surface area contributed by atoms with E-state index in [0.29, 0.717) is 15.6 Å². The third kappa shape index (κ3) is 5.47. The minimum Gasteiger partial charge on any atom is -0.454 e. The highest BCUT2D eigenvalue weighted by Gasteiger charge is 2.15. The third-order valence-corrected chi connectivity index (χ3v) is 3.93. The third-order valence-electron chi connectivity index (χ3n) is 3.37. The first-order valence-electron chi connectivity index (χ1n) is 7.46. The molecule has 0 saturated heterocycles. The van der Waals surface area contributed by atoms with Gasteiger partial charge in [-0.3, -0.25) is 23.9 Å². The van der Waals surface area contributed by atoms with Gasteiger partial charge in [0.2, 0.25) is 0 Å². The van der Waals surface area contributed by atoms with E-state index < -0.39 is 42.3 Å². The zero-order valence-corrected chi connectivity index (χ0v) is 15.1. The first-order valence-corrected chi connectivity index (χ1v) is 8.21. The molecular formula is C16H15Cl2N3O5. The molecule has 1 atom stereocenters. The molecule has 1 amide bonds. The molecule has 2 aromatic rings. The average molecular weight is 400 g/mol. The highest BCUT2D eigenvalue weighted by atomic mass is 35.5. The fourth-order valence-electron chi connectivity index (χ4n) is 2.11. The van der Waals surface area contributed by atoms with E-state index in [9.17, 15) is 19.2 Å². The van der Waals surface area contributed by atoms with Gasteiger partial charge in [-0.1, -0.05) is 29.3 Å². The zero-order valence-electron chi connectivity index (χ0n) is 13.6. The Labute approximate surface area is 157 Å². The van der Waals surface area contributed by atoms with Crippen molar-refractivity contribution in [2.45, 2.75) is 19.5 Å². The van der Waals surface area contributed by atoms with Crippen molar-refractivity contribution in [2.24, 2.45) is 0 Å². The fraction of sp³-hybridized carbons (Fsp3) is 0.250. The molecule has 0 bridgehead atoms. The SMILES string of the molecule is C[C@H](NC(=O)COC(=O)Cn1ccc(=O)[nH]c1=O)c1ccc(Cl)cc1Cl. The number of carbonyl (C=O) groups is 2. The van der Waals surface area contributed by atoms with Gasteiger partial charge in [0, 0.05) is 22.3 Å². The summed E-state index contributed by atoms with van der Waals surface area (Å²) in [4.78, 5) is 48.0. The van der Waals surface area contributed by atoms with Crippen molar-refractivity contribution in [3.63, 3.8) is 0 Å². The van der Waals surface area contributed by atoms with Gasteiger partial charge in [-0.15, -0.1) is 0 Å². The summed E-state index contributed by atoms with van der Waals surface area (Å²) in [6, 6.07) is 5.56. The Bertz CT molecular complexity index is 938. The van der Waals surface area contributed by atoms with Crippen LogP contribution in [0, 0.1) is 0 Å². The molecule has 0 radical (unpaired) electrons. The number of nitrogens with zero attached hydrogens (tertiary/aromatic N) is 1. The van der Waals surface area contributed by atoms with Gasteiger partial charge in [0.1, 0.15) is 6.54 Å². The molecule has 0 spiro atoms. The van der Waals surface area contributed by atoms with Crippen LogP contribution >= 0.6 is 23.2 Å². The molecule has 2 rings (SSSR count). The van der Waals surface area contributed by atoms with E-state index in [4.69, 9.17) is 27.9 Å². The van der Waals surface area contributed by atoms with Gasteiger partial charge in [0.05, 0.1) is 6.04 Å². The van der Waals surface area contributed by atoms with Crippen LogP contribution in [0.1, 0.15) is 18.5 Å². The first-order chi connectivity index (χ1) is 12.3. The van der Waals surface area contributed by atoms with Gasteiger partial charge < -0.3 is 10.1 Å². The molecule has 1 heterocycles. The Morgan fingerprint density at radius 1 is 1.27 bits per heavy atom. The predicted molar refractivity (Wildman–Crippen MR) is 95.3 cm³/mol. The molecule has 1 aromatic heterocycles. The number of amides is 1. The number of aromatic nitrogens is 2. The molecule has 0 aliphatic carbocycles. The van der Waals surface area contributed by atoms with E-state index in [0.717, 1.165) is 16.8 Å². The van der Waals surface area contributed by atoms with Crippen LogP contribution in [0.3, 0.4) is 0 Å². The van der Waals surface area contributed by atoms with Crippen LogP contribution in [-0.2, 0) is 20.9 Å². The second kappa shape index (κ2) is 8.68. The lowest BCUT2D eigenvalue weighted by Gasteiger charge is -2.16. The highest BCUT2D eigenvalue weighted by molar-refractivity contribution is 6.35.